The Hall–Kier alpha value is -2.42. The molecule has 0 unspecified atom stereocenters. The van der Waals surface area contributed by atoms with Gasteiger partial charge < -0.3 is 4.90 Å². The van der Waals surface area contributed by atoms with Crippen molar-refractivity contribution in [3.05, 3.63) is 56.5 Å². The topological polar surface area (TPSA) is 63.4 Å². The average Bonchev–Trinajstić information content (AvgIpc) is 3.02. The molecule has 1 aromatic heterocycles. The van der Waals surface area contributed by atoms with E-state index in [0.717, 1.165) is 23.5 Å². The summed E-state index contributed by atoms with van der Waals surface area (Å²) < 4.78 is 38.4. The van der Waals surface area contributed by atoms with E-state index in [4.69, 9.17) is 0 Å². The number of alkyl halides is 3. The Morgan fingerprint density at radius 1 is 1.29 bits per heavy atom. The van der Waals surface area contributed by atoms with Crippen LogP contribution in [-0.2, 0) is 12.6 Å². The fourth-order valence-electron chi connectivity index (χ4n) is 2.67. The molecule has 2 aromatic rings. The summed E-state index contributed by atoms with van der Waals surface area (Å²) in [6, 6.07) is 4.48. The average molecular weight is 356 g/mol. The number of halogens is 3. The molecule has 0 aliphatic carbocycles. The molecule has 0 spiro atoms. The van der Waals surface area contributed by atoms with Gasteiger partial charge in [0.2, 0.25) is 0 Å². The number of carbonyl (C=O) groups is 1. The molecular formula is C15H11F3N2O3S. The Morgan fingerprint density at radius 3 is 2.67 bits per heavy atom. The highest BCUT2D eigenvalue weighted by atomic mass is 32.1. The number of carbonyl (C=O) groups excluding carboxylic acids is 1. The lowest BCUT2D eigenvalue weighted by Gasteiger charge is -2.29. The van der Waals surface area contributed by atoms with E-state index in [1.807, 2.05) is 0 Å². The molecule has 2 heterocycles. The van der Waals surface area contributed by atoms with Crippen LogP contribution in [0.5, 0.6) is 0 Å². The minimum Gasteiger partial charge on any atom is -0.308 e. The number of benzene rings is 1. The van der Waals surface area contributed by atoms with E-state index in [0.29, 0.717) is 30.6 Å². The number of anilines is 1. The Kier molecular flexibility index (Phi) is 4.04. The summed E-state index contributed by atoms with van der Waals surface area (Å²) in [4.78, 5) is 24.1. The molecule has 3 rings (SSSR count). The lowest BCUT2D eigenvalue weighted by atomic mass is 9.98. The molecule has 9 heteroatoms. The van der Waals surface area contributed by atoms with Gasteiger partial charge >= 0.3 is 11.2 Å². The summed E-state index contributed by atoms with van der Waals surface area (Å²) in [7, 11) is 0. The lowest BCUT2D eigenvalue weighted by molar-refractivity contribution is -0.380. The second-order valence-electron chi connectivity index (χ2n) is 5.33. The quantitative estimate of drug-likeness (QED) is 0.596. The number of fused-ring (bicyclic) bond motifs is 1. The molecule has 0 saturated heterocycles. The van der Waals surface area contributed by atoms with E-state index >= 15 is 0 Å². The highest BCUT2D eigenvalue weighted by Crippen LogP contribution is 2.36. The van der Waals surface area contributed by atoms with Crippen LogP contribution >= 0.6 is 11.3 Å². The zero-order valence-corrected chi connectivity index (χ0v) is 13.0. The fraction of sp³-hybridized carbons (Fsp3) is 0.267. The van der Waals surface area contributed by atoms with Gasteiger partial charge in [-0.05, 0) is 36.6 Å². The third-order valence-electron chi connectivity index (χ3n) is 3.78. The van der Waals surface area contributed by atoms with Crippen molar-refractivity contribution < 1.29 is 22.9 Å². The summed E-state index contributed by atoms with van der Waals surface area (Å²) in [5.74, 6) is -0.444. The third kappa shape index (κ3) is 2.99. The van der Waals surface area contributed by atoms with Crippen molar-refractivity contribution in [2.45, 2.75) is 19.0 Å². The molecule has 0 atom stereocenters. The first kappa shape index (κ1) is 16.4. The van der Waals surface area contributed by atoms with Gasteiger partial charge in [-0.2, -0.15) is 13.2 Å². The molecule has 126 valence electrons. The number of hydrogen-bond donors (Lipinski definition) is 0. The molecule has 0 saturated carbocycles. The monoisotopic (exact) mass is 356 g/mol. The number of hydrogen-bond acceptors (Lipinski definition) is 4. The van der Waals surface area contributed by atoms with Crippen LogP contribution in [0.25, 0.3) is 0 Å². The van der Waals surface area contributed by atoms with Gasteiger partial charge in [-0.3, -0.25) is 14.9 Å². The first-order chi connectivity index (χ1) is 11.3. The third-order valence-corrected chi connectivity index (χ3v) is 4.66. The fourth-order valence-corrected chi connectivity index (χ4v) is 3.37. The molecule has 24 heavy (non-hydrogen) atoms. The highest BCUT2D eigenvalue weighted by molar-refractivity contribution is 7.13. The molecular weight excluding hydrogens is 345 g/mol. The van der Waals surface area contributed by atoms with Crippen molar-refractivity contribution in [1.29, 1.82) is 0 Å². The zero-order valence-electron chi connectivity index (χ0n) is 12.2. The van der Waals surface area contributed by atoms with Crippen molar-refractivity contribution in [3.8, 4) is 0 Å². The van der Waals surface area contributed by atoms with Gasteiger partial charge in [0.05, 0.1) is 16.1 Å². The minimum absolute atomic E-state index is 0.150. The van der Waals surface area contributed by atoms with E-state index in [9.17, 15) is 28.1 Å². The van der Waals surface area contributed by atoms with Crippen LogP contribution in [0.1, 0.15) is 27.9 Å². The van der Waals surface area contributed by atoms with Gasteiger partial charge in [0, 0.05) is 23.7 Å². The van der Waals surface area contributed by atoms with E-state index in [-0.39, 0.29) is 10.6 Å². The first-order valence-corrected chi connectivity index (χ1v) is 7.90. The number of rotatable bonds is 2. The van der Waals surface area contributed by atoms with Crippen molar-refractivity contribution in [2.75, 3.05) is 11.4 Å². The molecule has 1 aliphatic rings. The van der Waals surface area contributed by atoms with Gasteiger partial charge in [-0.15, -0.1) is 0 Å². The van der Waals surface area contributed by atoms with Crippen LogP contribution in [0.3, 0.4) is 0 Å². The van der Waals surface area contributed by atoms with Crippen molar-refractivity contribution in [1.82, 2.24) is 0 Å². The molecule has 0 radical (unpaired) electrons. The summed E-state index contributed by atoms with van der Waals surface area (Å²) in [6.45, 7) is 0.362. The van der Waals surface area contributed by atoms with E-state index in [2.05, 4.69) is 0 Å². The minimum atomic E-state index is -4.44. The zero-order chi connectivity index (χ0) is 17.5. The van der Waals surface area contributed by atoms with E-state index in [1.54, 1.807) is 0 Å². The molecule has 5 nitrogen and oxygen atoms in total. The predicted molar refractivity (Wildman–Crippen MR) is 82.4 cm³/mol. The largest absolute Gasteiger partial charge is 0.416 e. The van der Waals surface area contributed by atoms with Gasteiger partial charge in [-0.1, -0.05) is 11.3 Å². The summed E-state index contributed by atoms with van der Waals surface area (Å²) in [5, 5.41) is 12.0. The van der Waals surface area contributed by atoms with Crippen LogP contribution < -0.4 is 4.90 Å². The van der Waals surface area contributed by atoms with Crippen molar-refractivity contribution >= 4 is 27.9 Å². The number of aryl methyl sites for hydroxylation is 1. The molecule has 0 N–H and O–H groups in total. The maximum absolute atomic E-state index is 12.8. The van der Waals surface area contributed by atoms with Gasteiger partial charge in [0.25, 0.3) is 5.91 Å². The normalized spacial score (nSPS) is 14.4. The summed E-state index contributed by atoms with van der Waals surface area (Å²) in [5.41, 5.74) is 0.295. The molecule has 0 bridgehead atoms. The second-order valence-corrected chi connectivity index (χ2v) is 6.22. The van der Waals surface area contributed by atoms with Gasteiger partial charge in [0.1, 0.15) is 0 Å². The number of thiophene rings is 1. The molecule has 1 aromatic carbocycles. The summed E-state index contributed by atoms with van der Waals surface area (Å²) >= 11 is 0.842. The Balaban J connectivity index is 1.94. The van der Waals surface area contributed by atoms with Gasteiger partial charge in [-0.25, -0.2) is 0 Å². The van der Waals surface area contributed by atoms with E-state index < -0.39 is 22.6 Å². The van der Waals surface area contributed by atoms with Crippen molar-refractivity contribution in [2.24, 2.45) is 0 Å². The number of nitro groups is 1. The van der Waals surface area contributed by atoms with Crippen LogP contribution in [0, 0.1) is 10.1 Å². The van der Waals surface area contributed by atoms with Crippen LogP contribution in [0.4, 0.5) is 23.9 Å². The molecule has 1 aliphatic heterocycles. The van der Waals surface area contributed by atoms with Crippen molar-refractivity contribution in [3.63, 3.8) is 0 Å². The van der Waals surface area contributed by atoms with Gasteiger partial charge in [0.15, 0.2) is 0 Å². The molecule has 0 fully saturated rings. The molecule has 1 amide bonds. The lowest BCUT2D eigenvalue weighted by Crippen LogP contribution is -2.35. The second kappa shape index (κ2) is 5.90. The predicted octanol–water partition coefficient (Wildman–Crippen LogP) is 4.27. The highest BCUT2D eigenvalue weighted by Gasteiger charge is 2.33. The first-order valence-electron chi connectivity index (χ1n) is 7.02. The van der Waals surface area contributed by atoms with Crippen LogP contribution in [-0.4, -0.2) is 17.4 Å². The van der Waals surface area contributed by atoms with Crippen LogP contribution in [0.15, 0.2) is 29.6 Å². The summed E-state index contributed by atoms with van der Waals surface area (Å²) in [6.07, 6.45) is -3.45. The van der Waals surface area contributed by atoms with E-state index in [1.165, 1.54) is 22.4 Å². The smallest absolute Gasteiger partial charge is 0.308 e. The number of amides is 1. The SMILES string of the molecule is O=C(c1csc([N+](=O)[O-])c1)N1CCCc2cc(C(F)(F)F)ccc21. The maximum Gasteiger partial charge on any atom is 0.416 e. The Bertz CT molecular complexity index is 817. The number of nitrogens with zero attached hydrogens (tertiary/aromatic N) is 2. The maximum atomic E-state index is 12.8. The standard InChI is InChI=1S/C15H11F3N2O3S/c16-15(17,18)11-3-4-12-9(6-11)2-1-5-19(12)14(21)10-7-13(20(22)23)24-8-10/h3-4,6-8H,1-2,5H2. The van der Waals surface area contributed by atoms with Crippen LogP contribution in [0.2, 0.25) is 0 Å². The Morgan fingerprint density at radius 2 is 2.04 bits per heavy atom. The Labute approximate surface area is 138 Å².